The second-order valence-corrected chi connectivity index (χ2v) is 8.81. The number of hydrogen-bond donors (Lipinski definition) is 1. The third-order valence-corrected chi connectivity index (χ3v) is 6.87. The van der Waals surface area contributed by atoms with E-state index in [0.29, 0.717) is 29.0 Å². The van der Waals surface area contributed by atoms with E-state index in [1.807, 2.05) is 42.2 Å². The Morgan fingerprint density at radius 3 is 2.70 bits per heavy atom. The van der Waals surface area contributed by atoms with Crippen LogP contribution in [0.25, 0.3) is 11.3 Å². The van der Waals surface area contributed by atoms with Gasteiger partial charge in [0, 0.05) is 18.2 Å². The van der Waals surface area contributed by atoms with E-state index in [0.717, 1.165) is 29.8 Å². The lowest BCUT2D eigenvalue weighted by atomic mass is 9.78. The molecule has 2 aliphatic rings. The fraction of sp³-hybridized carbons (Fsp3) is 0.476. The van der Waals surface area contributed by atoms with Crippen molar-refractivity contribution in [2.24, 2.45) is 11.8 Å². The molecular formula is C21H24N2O3S. The summed E-state index contributed by atoms with van der Waals surface area (Å²) in [5.74, 6) is -0.137. The maximum absolute atomic E-state index is 13.5. The summed E-state index contributed by atoms with van der Waals surface area (Å²) in [6.07, 6.45) is 4.47. The number of nitrogens with zero attached hydrogens (tertiary/aromatic N) is 2. The number of amides is 1. The third kappa shape index (κ3) is 3.50. The number of aliphatic carboxylic acids is 1. The topological polar surface area (TPSA) is 70.5 Å². The van der Waals surface area contributed by atoms with Crippen molar-refractivity contribution in [1.29, 1.82) is 0 Å². The molecule has 1 aromatic carbocycles. The maximum atomic E-state index is 13.5. The summed E-state index contributed by atoms with van der Waals surface area (Å²) in [7, 11) is 0. The van der Waals surface area contributed by atoms with Crippen molar-refractivity contribution >= 4 is 23.2 Å². The number of carboxylic acid groups (broad SMARTS) is 1. The summed E-state index contributed by atoms with van der Waals surface area (Å²) in [5, 5.41) is 10.3. The van der Waals surface area contributed by atoms with Gasteiger partial charge in [0.25, 0.3) is 5.91 Å². The first-order chi connectivity index (χ1) is 13.0. The summed E-state index contributed by atoms with van der Waals surface area (Å²) in [6, 6.07) is 9.55. The maximum Gasteiger partial charge on any atom is 0.305 e. The van der Waals surface area contributed by atoms with E-state index in [-0.39, 0.29) is 18.4 Å². The van der Waals surface area contributed by atoms with Crippen LogP contribution in [-0.2, 0) is 4.79 Å². The number of hydrogen-bond acceptors (Lipinski definition) is 4. The molecule has 0 bridgehead atoms. The lowest BCUT2D eigenvalue weighted by Crippen LogP contribution is -2.39. The van der Waals surface area contributed by atoms with Crippen LogP contribution in [0, 0.1) is 18.8 Å². The largest absolute Gasteiger partial charge is 0.481 e. The van der Waals surface area contributed by atoms with E-state index in [2.05, 4.69) is 4.98 Å². The molecule has 142 valence electrons. The van der Waals surface area contributed by atoms with Crippen LogP contribution in [-0.4, -0.2) is 39.5 Å². The smallest absolute Gasteiger partial charge is 0.305 e. The molecule has 1 aromatic heterocycles. The van der Waals surface area contributed by atoms with Crippen LogP contribution in [0.15, 0.2) is 30.3 Å². The minimum atomic E-state index is -0.826. The molecule has 1 amide bonds. The van der Waals surface area contributed by atoms with Crippen LogP contribution in [0.3, 0.4) is 0 Å². The Kier molecular flexibility index (Phi) is 5.00. The van der Waals surface area contributed by atoms with Gasteiger partial charge in [-0.1, -0.05) is 43.2 Å². The van der Waals surface area contributed by atoms with Crippen molar-refractivity contribution in [3.05, 3.63) is 40.2 Å². The second-order valence-electron chi connectivity index (χ2n) is 7.61. The molecule has 27 heavy (non-hydrogen) atoms. The Labute approximate surface area is 163 Å². The van der Waals surface area contributed by atoms with Crippen molar-refractivity contribution in [2.45, 2.75) is 45.1 Å². The fourth-order valence-corrected chi connectivity index (χ4v) is 5.65. The van der Waals surface area contributed by atoms with E-state index >= 15 is 0 Å². The van der Waals surface area contributed by atoms with Crippen LogP contribution in [0.5, 0.6) is 0 Å². The molecule has 1 saturated carbocycles. The summed E-state index contributed by atoms with van der Waals surface area (Å²) in [4.78, 5) is 32.1. The third-order valence-electron chi connectivity index (χ3n) is 5.91. The van der Waals surface area contributed by atoms with Crippen molar-refractivity contribution in [3.63, 3.8) is 0 Å². The van der Waals surface area contributed by atoms with Gasteiger partial charge in [-0.05, 0) is 31.6 Å². The predicted octanol–water partition coefficient (Wildman–Crippen LogP) is 4.22. The van der Waals surface area contributed by atoms with Gasteiger partial charge in [-0.3, -0.25) is 9.59 Å². The van der Waals surface area contributed by atoms with Gasteiger partial charge < -0.3 is 10.0 Å². The van der Waals surface area contributed by atoms with Crippen LogP contribution in [0.2, 0.25) is 0 Å². The predicted molar refractivity (Wildman–Crippen MR) is 105 cm³/mol. The molecule has 1 N–H and O–H groups in total. The van der Waals surface area contributed by atoms with E-state index in [1.165, 1.54) is 17.8 Å². The SMILES string of the molecule is Cc1nc(-c2ccccc2)c(C(=O)N2CC3CCCCC3C2CC(=O)O)s1. The molecule has 2 heterocycles. The molecule has 2 fully saturated rings. The average Bonchev–Trinajstić information content (AvgIpc) is 3.23. The number of rotatable bonds is 4. The highest BCUT2D eigenvalue weighted by atomic mass is 32.1. The number of fused-ring (bicyclic) bond motifs is 1. The minimum Gasteiger partial charge on any atom is -0.481 e. The summed E-state index contributed by atoms with van der Waals surface area (Å²) in [5.41, 5.74) is 1.64. The number of carbonyl (C=O) groups is 2. The highest BCUT2D eigenvalue weighted by Gasteiger charge is 2.46. The average molecular weight is 385 g/mol. The normalized spacial score (nSPS) is 24.6. The van der Waals surface area contributed by atoms with Gasteiger partial charge >= 0.3 is 5.97 Å². The van der Waals surface area contributed by atoms with Crippen LogP contribution in [0.4, 0.5) is 0 Å². The minimum absolute atomic E-state index is 0.0331. The molecule has 0 radical (unpaired) electrons. The molecule has 4 rings (SSSR count). The van der Waals surface area contributed by atoms with Gasteiger partial charge in [0.05, 0.1) is 17.1 Å². The molecule has 1 saturated heterocycles. The first-order valence-corrected chi connectivity index (χ1v) is 10.4. The highest BCUT2D eigenvalue weighted by Crippen LogP contribution is 2.43. The Hall–Kier alpha value is -2.21. The number of likely N-dealkylation sites (tertiary alicyclic amines) is 1. The van der Waals surface area contributed by atoms with Gasteiger partial charge in [0.2, 0.25) is 0 Å². The standard InChI is InChI=1S/C21H24N2O3S/c1-13-22-19(14-7-3-2-4-8-14)20(27-13)21(26)23-12-15-9-5-6-10-16(15)17(23)11-18(24)25/h2-4,7-8,15-17H,5-6,9-12H2,1H3,(H,24,25). The Bertz CT molecular complexity index is 848. The zero-order valence-electron chi connectivity index (χ0n) is 15.4. The number of benzene rings is 1. The molecule has 5 nitrogen and oxygen atoms in total. The molecule has 0 spiro atoms. The number of carbonyl (C=O) groups excluding carboxylic acids is 1. The molecule has 1 aliphatic heterocycles. The monoisotopic (exact) mass is 384 g/mol. The van der Waals surface area contributed by atoms with Gasteiger partial charge in [-0.25, -0.2) is 4.98 Å². The van der Waals surface area contributed by atoms with Crippen molar-refractivity contribution < 1.29 is 14.7 Å². The van der Waals surface area contributed by atoms with Crippen molar-refractivity contribution in [1.82, 2.24) is 9.88 Å². The molecule has 1 aliphatic carbocycles. The number of carboxylic acids is 1. The van der Waals surface area contributed by atoms with Crippen molar-refractivity contribution in [2.75, 3.05) is 6.54 Å². The Morgan fingerprint density at radius 1 is 1.22 bits per heavy atom. The van der Waals surface area contributed by atoms with Crippen molar-refractivity contribution in [3.8, 4) is 11.3 Å². The lowest BCUT2D eigenvalue weighted by molar-refractivity contribution is -0.138. The van der Waals surface area contributed by atoms with E-state index in [9.17, 15) is 14.7 Å². The summed E-state index contributed by atoms with van der Waals surface area (Å²) in [6.45, 7) is 2.58. The summed E-state index contributed by atoms with van der Waals surface area (Å²) < 4.78 is 0. The number of aromatic nitrogens is 1. The molecule has 3 atom stereocenters. The number of aryl methyl sites for hydroxylation is 1. The lowest BCUT2D eigenvalue weighted by Gasteiger charge is -2.29. The quantitative estimate of drug-likeness (QED) is 0.857. The van der Waals surface area contributed by atoms with Gasteiger partial charge in [-0.2, -0.15) is 0 Å². The second kappa shape index (κ2) is 7.43. The highest BCUT2D eigenvalue weighted by molar-refractivity contribution is 7.14. The Morgan fingerprint density at radius 2 is 1.96 bits per heavy atom. The molecule has 3 unspecified atom stereocenters. The zero-order chi connectivity index (χ0) is 19.0. The van der Waals surface area contributed by atoms with E-state index in [1.54, 1.807) is 0 Å². The Balaban J connectivity index is 1.68. The first kappa shape index (κ1) is 18.2. The van der Waals surface area contributed by atoms with Crippen LogP contribution < -0.4 is 0 Å². The molecular weight excluding hydrogens is 360 g/mol. The molecule has 6 heteroatoms. The molecule has 2 aromatic rings. The van der Waals surface area contributed by atoms with Gasteiger partial charge in [0.1, 0.15) is 4.88 Å². The first-order valence-electron chi connectivity index (χ1n) is 9.60. The zero-order valence-corrected chi connectivity index (χ0v) is 16.2. The van der Waals surface area contributed by atoms with E-state index in [4.69, 9.17) is 0 Å². The van der Waals surface area contributed by atoms with Gasteiger partial charge in [-0.15, -0.1) is 11.3 Å². The van der Waals surface area contributed by atoms with Crippen LogP contribution >= 0.6 is 11.3 Å². The van der Waals surface area contributed by atoms with Gasteiger partial charge in [0.15, 0.2) is 0 Å². The van der Waals surface area contributed by atoms with Crippen LogP contribution in [0.1, 0.15) is 46.8 Å². The fourth-order valence-electron chi connectivity index (χ4n) is 4.76. The summed E-state index contributed by atoms with van der Waals surface area (Å²) >= 11 is 1.41. The van der Waals surface area contributed by atoms with E-state index < -0.39 is 5.97 Å². The number of thiazole rings is 1.